The highest BCUT2D eigenvalue weighted by molar-refractivity contribution is 7.89. The molecule has 84 valence electrons. The minimum atomic E-state index is -3.26. The molecular weight excluding hydrogens is 214 g/mol. The molecule has 1 aromatic heterocycles. The first kappa shape index (κ1) is 12.1. The van der Waals surface area contributed by atoms with Gasteiger partial charge in [0.1, 0.15) is 0 Å². The van der Waals surface area contributed by atoms with Gasteiger partial charge in [0.05, 0.1) is 18.0 Å². The largest absolute Gasteiger partial charge is 0.329 e. The Morgan fingerprint density at radius 3 is 2.87 bits per heavy atom. The number of hydrogen-bond acceptors (Lipinski definition) is 4. The second-order valence-corrected chi connectivity index (χ2v) is 5.12. The third kappa shape index (κ3) is 3.94. The summed E-state index contributed by atoms with van der Waals surface area (Å²) in [5.41, 5.74) is 6.88. The van der Waals surface area contributed by atoms with Crippen LogP contribution in [0.2, 0.25) is 0 Å². The molecule has 15 heavy (non-hydrogen) atoms. The molecule has 0 saturated heterocycles. The number of nitrogens with two attached hydrogens (primary N) is 1. The molecule has 0 aromatic carbocycles. The highest BCUT2D eigenvalue weighted by atomic mass is 32.2. The van der Waals surface area contributed by atoms with Crippen molar-refractivity contribution in [2.45, 2.75) is 13.5 Å². The maximum absolute atomic E-state index is 11.3. The zero-order chi connectivity index (χ0) is 11.3. The van der Waals surface area contributed by atoms with Crippen molar-refractivity contribution < 1.29 is 8.42 Å². The van der Waals surface area contributed by atoms with E-state index in [1.807, 2.05) is 19.1 Å². The first-order valence-electron chi connectivity index (χ1n) is 4.63. The highest BCUT2D eigenvalue weighted by Gasteiger charge is 2.09. The van der Waals surface area contributed by atoms with Crippen LogP contribution >= 0.6 is 0 Å². The predicted octanol–water partition coefficient (Wildman–Crippen LogP) is -0.232. The van der Waals surface area contributed by atoms with Crippen LogP contribution in [0, 0.1) is 6.92 Å². The van der Waals surface area contributed by atoms with Crippen LogP contribution in [0.4, 0.5) is 0 Å². The first-order valence-corrected chi connectivity index (χ1v) is 6.28. The Morgan fingerprint density at radius 1 is 1.53 bits per heavy atom. The normalized spacial score (nSPS) is 11.6. The van der Waals surface area contributed by atoms with Crippen molar-refractivity contribution in [1.29, 1.82) is 0 Å². The maximum Gasteiger partial charge on any atom is 0.213 e. The van der Waals surface area contributed by atoms with Gasteiger partial charge in [-0.25, -0.2) is 13.1 Å². The monoisotopic (exact) mass is 229 g/mol. The third-order valence-corrected chi connectivity index (χ3v) is 3.32. The Balaban J connectivity index is 2.62. The minimum Gasteiger partial charge on any atom is -0.329 e. The van der Waals surface area contributed by atoms with Gasteiger partial charge in [-0.05, 0) is 18.6 Å². The lowest BCUT2D eigenvalue weighted by molar-refractivity contribution is 0.580. The average Bonchev–Trinajstić information content (AvgIpc) is 2.16. The van der Waals surface area contributed by atoms with Gasteiger partial charge in [0.2, 0.25) is 10.0 Å². The third-order valence-electron chi connectivity index (χ3n) is 1.96. The van der Waals surface area contributed by atoms with E-state index < -0.39 is 10.0 Å². The average molecular weight is 229 g/mol. The summed E-state index contributed by atoms with van der Waals surface area (Å²) in [7, 11) is -3.26. The summed E-state index contributed by atoms with van der Waals surface area (Å²) in [5, 5.41) is 0. The van der Waals surface area contributed by atoms with E-state index in [2.05, 4.69) is 9.71 Å². The quantitative estimate of drug-likeness (QED) is 0.730. The second-order valence-electron chi connectivity index (χ2n) is 3.20. The number of nitrogens with one attached hydrogen (secondary N) is 1. The number of aryl methyl sites for hydroxylation is 1. The molecule has 0 aliphatic rings. The van der Waals surface area contributed by atoms with Gasteiger partial charge in [-0.1, -0.05) is 6.07 Å². The number of nitrogens with zero attached hydrogens (tertiary/aromatic N) is 1. The van der Waals surface area contributed by atoms with E-state index in [1.54, 1.807) is 6.20 Å². The molecule has 0 bridgehead atoms. The van der Waals surface area contributed by atoms with Crippen LogP contribution in [0.1, 0.15) is 11.3 Å². The number of pyridine rings is 1. The lowest BCUT2D eigenvalue weighted by Gasteiger charge is -2.06. The summed E-state index contributed by atoms with van der Waals surface area (Å²) >= 11 is 0. The fourth-order valence-electron chi connectivity index (χ4n) is 1.11. The van der Waals surface area contributed by atoms with E-state index in [4.69, 9.17) is 5.73 Å². The molecule has 0 aliphatic heterocycles. The summed E-state index contributed by atoms with van der Waals surface area (Å²) < 4.78 is 25.0. The van der Waals surface area contributed by atoms with Crippen molar-refractivity contribution in [2.75, 3.05) is 12.3 Å². The molecule has 1 aromatic rings. The fraction of sp³-hybridized carbons (Fsp3) is 0.444. The van der Waals surface area contributed by atoms with E-state index in [1.165, 1.54) is 0 Å². The number of rotatable bonds is 5. The molecule has 0 saturated carbocycles. The van der Waals surface area contributed by atoms with E-state index in [0.29, 0.717) is 0 Å². The van der Waals surface area contributed by atoms with Gasteiger partial charge in [0.15, 0.2) is 0 Å². The zero-order valence-corrected chi connectivity index (χ0v) is 9.42. The standard InChI is InChI=1S/C9H15N3O2S/c1-8-3-2-5-11-9(8)7-12-15(13,14)6-4-10/h2-3,5,12H,4,6-7,10H2,1H3. The molecule has 1 heterocycles. The SMILES string of the molecule is Cc1cccnc1CNS(=O)(=O)CCN. The van der Waals surface area contributed by atoms with Crippen molar-refractivity contribution in [3.05, 3.63) is 29.6 Å². The van der Waals surface area contributed by atoms with Crippen LogP contribution in [-0.4, -0.2) is 25.7 Å². The van der Waals surface area contributed by atoms with Crippen LogP contribution in [0.5, 0.6) is 0 Å². The fourth-order valence-corrected chi connectivity index (χ4v) is 1.92. The van der Waals surface area contributed by atoms with Gasteiger partial charge in [-0.3, -0.25) is 4.98 Å². The van der Waals surface area contributed by atoms with Crippen LogP contribution < -0.4 is 10.5 Å². The maximum atomic E-state index is 11.3. The summed E-state index contributed by atoms with van der Waals surface area (Å²) in [6.45, 7) is 2.23. The Labute approximate surface area is 89.8 Å². The van der Waals surface area contributed by atoms with Crippen molar-refractivity contribution in [1.82, 2.24) is 9.71 Å². The van der Waals surface area contributed by atoms with Crippen LogP contribution in [0.25, 0.3) is 0 Å². The molecule has 0 amide bonds. The van der Waals surface area contributed by atoms with E-state index >= 15 is 0 Å². The topological polar surface area (TPSA) is 85.1 Å². The first-order chi connectivity index (χ1) is 7.05. The van der Waals surface area contributed by atoms with Crippen molar-refractivity contribution in [3.63, 3.8) is 0 Å². The molecule has 5 nitrogen and oxygen atoms in total. The van der Waals surface area contributed by atoms with Gasteiger partial charge >= 0.3 is 0 Å². The molecule has 0 atom stereocenters. The molecule has 0 unspecified atom stereocenters. The minimum absolute atomic E-state index is 0.0567. The molecule has 3 N–H and O–H groups in total. The molecular formula is C9H15N3O2S. The Morgan fingerprint density at radius 2 is 2.27 bits per heavy atom. The van der Waals surface area contributed by atoms with E-state index in [-0.39, 0.29) is 18.8 Å². The molecule has 1 rings (SSSR count). The van der Waals surface area contributed by atoms with Crippen molar-refractivity contribution >= 4 is 10.0 Å². The van der Waals surface area contributed by atoms with Gasteiger partial charge in [0, 0.05) is 12.7 Å². The summed E-state index contributed by atoms with van der Waals surface area (Å²) in [4.78, 5) is 4.08. The lowest BCUT2D eigenvalue weighted by Crippen LogP contribution is -2.29. The number of aromatic nitrogens is 1. The van der Waals surface area contributed by atoms with Crippen LogP contribution in [-0.2, 0) is 16.6 Å². The second kappa shape index (κ2) is 5.20. The Bertz CT molecular complexity index is 417. The smallest absolute Gasteiger partial charge is 0.213 e. The zero-order valence-electron chi connectivity index (χ0n) is 8.60. The van der Waals surface area contributed by atoms with Crippen LogP contribution in [0.3, 0.4) is 0 Å². The Hall–Kier alpha value is -0.980. The summed E-state index contributed by atoms with van der Waals surface area (Å²) in [6.07, 6.45) is 1.64. The molecule has 0 radical (unpaired) electrons. The highest BCUT2D eigenvalue weighted by Crippen LogP contribution is 2.02. The van der Waals surface area contributed by atoms with E-state index in [9.17, 15) is 8.42 Å². The van der Waals surface area contributed by atoms with Gasteiger partial charge in [-0.2, -0.15) is 0 Å². The Kier molecular flexibility index (Phi) is 4.19. The number of sulfonamides is 1. The molecule has 0 fully saturated rings. The van der Waals surface area contributed by atoms with E-state index in [0.717, 1.165) is 11.3 Å². The predicted molar refractivity (Wildman–Crippen MR) is 58.7 cm³/mol. The lowest BCUT2D eigenvalue weighted by atomic mass is 10.2. The van der Waals surface area contributed by atoms with Crippen molar-refractivity contribution in [2.24, 2.45) is 5.73 Å². The number of hydrogen-bond donors (Lipinski definition) is 2. The van der Waals surface area contributed by atoms with Crippen molar-refractivity contribution in [3.8, 4) is 0 Å². The van der Waals surface area contributed by atoms with Gasteiger partial charge in [0.25, 0.3) is 0 Å². The van der Waals surface area contributed by atoms with Gasteiger partial charge in [-0.15, -0.1) is 0 Å². The summed E-state index contributed by atoms with van der Waals surface area (Å²) in [5.74, 6) is -0.0567. The van der Waals surface area contributed by atoms with Crippen LogP contribution in [0.15, 0.2) is 18.3 Å². The molecule has 0 aliphatic carbocycles. The summed E-state index contributed by atoms with van der Waals surface area (Å²) in [6, 6.07) is 3.70. The molecule has 0 spiro atoms. The molecule has 6 heteroatoms. The van der Waals surface area contributed by atoms with Gasteiger partial charge < -0.3 is 5.73 Å².